The molecule has 2 unspecified atom stereocenters. The minimum atomic E-state index is -0.127. The maximum Gasteiger partial charge on any atom is 0.224 e. The fourth-order valence-electron chi connectivity index (χ4n) is 4.21. The Morgan fingerprint density at radius 3 is 2.57 bits per heavy atom. The van der Waals surface area contributed by atoms with Crippen LogP contribution in [0.3, 0.4) is 0 Å². The molecule has 160 valence electrons. The predicted molar refractivity (Wildman–Crippen MR) is 120 cm³/mol. The zero-order valence-corrected chi connectivity index (χ0v) is 18.4. The Balaban J connectivity index is 1.24. The van der Waals surface area contributed by atoms with Gasteiger partial charge < -0.3 is 19.9 Å². The van der Waals surface area contributed by atoms with Gasteiger partial charge >= 0.3 is 0 Å². The van der Waals surface area contributed by atoms with Crippen molar-refractivity contribution in [2.75, 3.05) is 29.9 Å². The van der Waals surface area contributed by atoms with Gasteiger partial charge in [0.2, 0.25) is 11.8 Å². The molecule has 2 aliphatic rings. The van der Waals surface area contributed by atoms with E-state index < -0.39 is 0 Å². The number of hydrogen-bond acceptors (Lipinski definition) is 5. The topological polar surface area (TPSA) is 61.9 Å². The van der Waals surface area contributed by atoms with Crippen molar-refractivity contribution in [3.63, 3.8) is 0 Å². The van der Waals surface area contributed by atoms with Crippen molar-refractivity contribution in [1.82, 2.24) is 4.90 Å². The summed E-state index contributed by atoms with van der Waals surface area (Å²) in [5, 5.41) is 4.99. The summed E-state index contributed by atoms with van der Waals surface area (Å²) in [6.07, 6.45) is 1.77. The van der Waals surface area contributed by atoms with Crippen molar-refractivity contribution in [2.45, 2.75) is 51.9 Å². The highest BCUT2D eigenvalue weighted by molar-refractivity contribution is 7.10. The third-order valence-corrected chi connectivity index (χ3v) is 6.69. The molecule has 1 aromatic carbocycles. The Morgan fingerprint density at radius 2 is 1.83 bits per heavy atom. The Morgan fingerprint density at radius 1 is 1.10 bits per heavy atom. The van der Waals surface area contributed by atoms with E-state index in [2.05, 4.69) is 35.5 Å². The number of rotatable bonds is 5. The van der Waals surface area contributed by atoms with E-state index in [1.165, 1.54) is 10.4 Å². The number of thiophene rings is 1. The SMILES string of the molecule is CC1CN(c2ccc(NC(=O)CCC(=O)N3CCc4sccc4C3)cc2)CC(C)O1. The molecule has 6 nitrogen and oxygen atoms in total. The van der Waals surface area contributed by atoms with Gasteiger partial charge in [-0.15, -0.1) is 11.3 Å². The van der Waals surface area contributed by atoms with E-state index in [0.29, 0.717) is 6.54 Å². The van der Waals surface area contributed by atoms with Crippen LogP contribution in [0.1, 0.15) is 37.1 Å². The average Bonchev–Trinajstić information content (AvgIpc) is 3.20. The number of nitrogens with one attached hydrogen (secondary N) is 1. The second-order valence-electron chi connectivity index (χ2n) is 8.19. The third-order valence-electron chi connectivity index (χ3n) is 5.66. The number of morpholine rings is 1. The van der Waals surface area contributed by atoms with Crippen LogP contribution in [-0.2, 0) is 27.3 Å². The van der Waals surface area contributed by atoms with Crippen molar-refractivity contribution in [1.29, 1.82) is 0 Å². The number of amides is 2. The Hall–Kier alpha value is -2.38. The van der Waals surface area contributed by atoms with E-state index in [9.17, 15) is 9.59 Å². The average molecular weight is 428 g/mol. The molecule has 0 bridgehead atoms. The third kappa shape index (κ3) is 5.02. The molecule has 2 aromatic rings. The minimum absolute atomic E-state index is 0.0490. The van der Waals surface area contributed by atoms with Crippen molar-refractivity contribution < 1.29 is 14.3 Å². The van der Waals surface area contributed by atoms with E-state index in [0.717, 1.165) is 37.4 Å². The number of anilines is 2. The Labute approximate surface area is 181 Å². The summed E-state index contributed by atoms with van der Waals surface area (Å²) in [6, 6.07) is 9.98. The van der Waals surface area contributed by atoms with Gasteiger partial charge in [-0.3, -0.25) is 9.59 Å². The molecule has 0 saturated carbocycles. The first kappa shape index (κ1) is 20.9. The summed E-state index contributed by atoms with van der Waals surface area (Å²) in [4.78, 5) is 30.4. The van der Waals surface area contributed by atoms with Crippen molar-refractivity contribution in [3.05, 3.63) is 46.2 Å². The van der Waals surface area contributed by atoms with Gasteiger partial charge in [-0.05, 0) is 61.5 Å². The summed E-state index contributed by atoms with van der Waals surface area (Å²) < 4.78 is 5.79. The number of fused-ring (bicyclic) bond motifs is 1. The van der Waals surface area contributed by atoms with Gasteiger partial charge in [-0.1, -0.05) is 0 Å². The van der Waals surface area contributed by atoms with Crippen LogP contribution in [0, 0.1) is 0 Å². The number of benzene rings is 1. The van der Waals surface area contributed by atoms with E-state index >= 15 is 0 Å². The molecule has 1 fully saturated rings. The smallest absolute Gasteiger partial charge is 0.224 e. The lowest BCUT2D eigenvalue weighted by atomic mass is 10.1. The Kier molecular flexibility index (Phi) is 6.39. The summed E-state index contributed by atoms with van der Waals surface area (Å²) in [5.41, 5.74) is 3.13. The van der Waals surface area contributed by atoms with Crippen molar-refractivity contribution in [3.8, 4) is 0 Å². The fraction of sp³-hybridized carbons (Fsp3) is 0.478. The van der Waals surface area contributed by atoms with Gasteiger partial charge in [-0.25, -0.2) is 0 Å². The zero-order valence-electron chi connectivity index (χ0n) is 17.6. The molecule has 4 rings (SSSR count). The molecule has 3 heterocycles. The molecule has 1 N–H and O–H groups in total. The van der Waals surface area contributed by atoms with E-state index in [1.54, 1.807) is 11.3 Å². The van der Waals surface area contributed by atoms with Gasteiger partial charge in [0.1, 0.15) is 0 Å². The standard InChI is InChI=1S/C23H29N3O3S/c1-16-13-26(14-17(2)29-16)20-5-3-19(4-6-20)24-22(27)7-8-23(28)25-11-9-21-18(15-25)10-12-30-21/h3-6,10,12,16-17H,7-9,11,13-15H2,1-2H3,(H,24,27). The van der Waals surface area contributed by atoms with Crippen LogP contribution in [0.5, 0.6) is 0 Å². The van der Waals surface area contributed by atoms with Gasteiger partial charge in [0.25, 0.3) is 0 Å². The maximum absolute atomic E-state index is 12.5. The number of nitrogens with zero attached hydrogens (tertiary/aromatic N) is 2. The molecule has 2 aliphatic heterocycles. The van der Waals surface area contributed by atoms with Gasteiger partial charge in [0.15, 0.2) is 0 Å². The summed E-state index contributed by atoms with van der Waals surface area (Å²) >= 11 is 1.76. The zero-order chi connectivity index (χ0) is 21.1. The van der Waals surface area contributed by atoms with Crippen LogP contribution in [0.25, 0.3) is 0 Å². The van der Waals surface area contributed by atoms with Crippen LogP contribution in [-0.4, -0.2) is 48.6 Å². The highest BCUT2D eigenvalue weighted by Crippen LogP contribution is 2.25. The Bertz CT molecular complexity index is 885. The highest BCUT2D eigenvalue weighted by atomic mass is 32.1. The lowest BCUT2D eigenvalue weighted by Crippen LogP contribution is -2.45. The predicted octanol–water partition coefficient (Wildman–Crippen LogP) is 3.67. The fourth-order valence-corrected chi connectivity index (χ4v) is 5.10. The molecule has 0 spiro atoms. The quantitative estimate of drug-likeness (QED) is 0.791. The van der Waals surface area contributed by atoms with Crippen LogP contribution in [0.4, 0.5) is 11.4 Å². The van der Waals surface area contributed by atoms with Crippen LogP contribution < -0.4 is 10.2 Å². The lowest BCUT2D eigenvalue weighted by molar-refractivity contribution is -0.133. The number of carbonyl (C=O) groups is 2. The molecular weight excluding hydrogens is 398 g/mol. The van der Waals surface area contributed by atoms with Gasteiger partial charge in [0, 0.05) is 55.3 Å². The summed E-state index contributed by atoms with van der Waals surface area (Å²) in [6.45, 7) is 7.31. The first-order chi connectivity index (χ1) is 14.5. The van der Waals surface area contributed by atoms with Gasteiger partial charge in [-0.2, -0.15) is 0 Å². The summed E-state index contributed by atoms with van der Waals surface area (Å²) in [7, 11) is 0. The molecule has 0 aliphatic carbocycles. The number of ether oxygens (including phenoxy) is 1. The number of hydrogen-bond donors (Lipinski definition) is 1. The molecule has 7 heteroatoms. The normalized spacial score (nSPS) is 21.3. The van der Waals surface area contributed by atoms with Crippen LogP contribution >= 0.6 is 11.3 Å². The van der Waals surface area contributed by atoms with Crippen molar-refractivity contribution >= 4 is 34.5 Å². The molecule has 30 heavy (non-hydrogen) atoms. The molecule has 2 amide bonds. The van der Waals surface area contributed by atoms with Gasteiger partial charge in [0.05, 0.1) is 12.2 Å². The largest absolute Gasteiger partial charge is 0.372 e. The lowest BCUT2D eigenvalue weighted by Gasteiger charge is -2.36. The van der Waals surface area contributed by atoms with Crippen molar-refractivity contribution in [2.24, 2.45) is 0 Å². The summed E-state index contributed by atoms with van der Waals surface area (Å²) in [5.74, 6) is -0.0779. The first-order valence-electron chi connectivity index (χ1n) is 10.6. The molecule has 1 aromatic heterocycles. The second-order valence-corrected chi connectivity index (χ2v) is 9.19. The van der Waals surface area contributed by atoms with Crippen LogP contribution in [0.2, 0.25) is 0 Å². The molecular formula is C23H29N3O3S. The van der Waals surface area contributed by atoms with E-state index in [1.807, 2.05) is 29.2 Å². The van der Waals surface area contributed by atoms with E-state index in [4.69, 9.17) is 4.74 Å². The van der Waals surface area contributed by atoms with Crippen LogP contribution in [0.15, 0.2) is 35.7 Å². The highest BCUT2D eigenvalue weighted by Gasteiger charge is 2.23. The molecule has 2 atom stereocenters. The second kappa shape index (κ2) is 9.18. The molecule has 0 radical (unpaired) electrons. The monoisotopic (exact) mass is 427 g/mol. The minimum Gasteiger partial charge on any atom is -0.372 e. The van der Waals surface area contributed by atoms with E-state index in [-0.39, 0.29) is 36.9 Å². The maximum atomic E-state index is 12.5. The first-order valence-corrected chi connectivity index (χ1v) is 11.5. The number of carbonyl (C=O) groups excluding carboxylic acids is 2. The molecule has 1 saturated heterocycles.